The molecule has 1 aromatic heterocycles. The number of rotatable bonds is 5. The highest BCUT2D eigenvalue weighted by molar-refractivity contribution is 5.95. The number of benzene rings is 2. The lowest BCUT2D eigenvalue weighted by Gasteiger charge is -2.09. The van der Waals surface area contributed by atoms with Crippen molar-refractivity contribution in [2.75, 3.05) is 6.54 Å². The van der Waals surface area contributed by atoms with Crippen LogP contribution in [-0.4, -0.2) is 22.4 Å². The smallest absolute Gasteiger partial charge is 0.251 e. The van der Waals surface area contributed by atoms with Gasteiger partial charge >= 0.3 is 0 Å². The predicted molar refractivity (Wildman–Crippen MR) is 92.7 cm³/mol. The summed E-state index contributed by atoms with van der Waals surface area (Å²) in [6.07, 6.45) is 1.68. The number of hydrogen-bond donors (Lipinski definition) is 2. The second kappa shape index (κ2) is 6.65. The zero-order valence-electron chi connectivity index (χ0n) is 13.5. The molecule has 0 aliphatic heterocycles. The number of nitrogens with zero attached hydrogens (tertiary/aromatic N) is 1. The van der Waals surface area contributed by atoms with Gasteiger partial charge in [-0.1, -0.05) is 24.3 Å². The Hall–Kier alpha value is -2.62. The average Bonchev–Trinajstić information content (AvgIpc) is 2.96. The Kier molecular flexibility index (Phi) is 4.42. The molecule has 2 aromatic carbocycles. The number of carbonyl (C=O) groups is 1. The second-order valence-electron chi connectivity index (χ2n) is 5.81. The summed E-state index contributed by atoms with van der Waals surface area (Å²) in [4.78, 5) is 20.1. The van der Waals surface area contributed by atoms with Crippen LogP contribution in [-0.2, 0) is 6.42 Å². The van der Waals surface area contributed by atoms with Gasteiger partial charge < -0.3 is 10.3 Å². The van der Waals surface area contributed by atoms with Crippen molar-refractivity contribution in [2.45, 2.75) is 26.7 Å². The molecule has 0 spiro atoms. The van der Waals surface area contributed by atoms with Crippen molar-refractivity contribution in [3.8, 4) is 0 Å². The molecule has 0 saturated heterocycles. The first-order chi connectivity index (χ1) is 11.1. The van der Waals surface area contributed by atoms with Gasteiger partial charge in [0.2, 0.25) is 0 Å². The van der Waals surface area contributed by atoms with Crippen LogP contribution in [0.3, 0.4) is 0 Å². The van der Waals surface area contributed by atoms with Crippen LogP contribution >= 0.6 is 0 Å². The monoisotopic (exact) mass is 307 g/mol. The second-order valence-corrected chi connectivity index (χ2v) is 5.81. The third kappa shape index (κ3) is 3.42. The zero-order valence-corrected chi connectivity index (χ0v) is 13.5. The summed E-state index contributed by atoms with van der Waals surface area (Å²) in [5.74, 6) is 0.961. The molecule has 0 radical (unpaired) electrons. The molecule has 3 rings (SSSR count). The van der Waals surface area contributed by atoms with E-state index in [4.69, 9.17) is 0 Å². The summed E-state index contributed by atoms with van der Waals surface area (Å²) in [5, 5.41) is 2.99. The molecule has 23 heavy (non-hydrogen) atoms. The van der Waals surface area contributed by atoms with Crippen LogP contribution in [0.2, 0.25) is 0 Å². The fourth-order valence-electron chi connectivity index (χ4n) is 2.67. The highest BCUT2D eigenvalue weighted by Gasteiger charge is 2.09. The van der Waals surface area contributed by atoms with Gasteiger partial charge in [0.05, 0.1) is 11.0 Å². The van der Waals surface area contributed by atoms with Gasteiger partial charge in [0.25, 0.3) is 5.91 Å². The van der Waals surface area contributed by atoms with Gasteiger partial charge in [0, 0.05) is 18.5 Å². The van der Waals surface area contributed by atoms with E-state index in [1.165, 1.54) is 0 Å². The minimum atomic E-state index is -0.00388. The Balaban J connectivity index is 1.53. The quantitative estimate of drug-likeness (QED) is 0.708. The number of aryl methyl sites for hydroxylation is 2. The highest BCUT2D eigenvalue weighted by Crippen LogP contribution is 2.13. The molecule has 118 valence electrons. The van der Waals surface area contributed by atoms with Crippen molar-refractivity contribution in [3.63, 3.8) is 0 Å². The van der Waals surface area contributed by atoms with Gasteiger partial charge in [-0.3, -0.25) is 4.79 Å². The van der Waals surface area contributed by atoms with Gasteiger partial charge in [0.15, 0.2) is 0 Å². The lowest BCUT2D eigenvalue weighted by molar-refractivity contribution is 0.0952. The van der Waals surface area contributed by atoms with Gasteiger partial charge in [-0.05, 0) is 49.6 Å². The van der Waals surface area contributed by atoms with E-state index in [1.54, 1.807) is 0 Å². The van der Waals surface area contributed by atoms with E-state index in [1.807, 2.05) is 56.3 Å². The molecule has 3 aromatic rings. The van der Waals surface area contributed by atoms with Crippen LogP contribution in [0.5, 0.6) is 0 Å². The van der Waals surface area contributed by atoms with Crippen LogP contribution in [0.25, 0.3) is 11.0 Å². The first-order valence-corrected chi connectivity index (χ1v) is 7.93. The van der Waals surface area contributed by atoms with Crippen LogP contribution in [0.4, 0.5) is 0 Å². The molecule has 4 nitrogen and oxygen atoms in total. The summed E-state index contributed by atoms with van der Waals surface area (Å²) in [5.41, 5.74) is 4.99. The van der Waals surface area contributed by atoms with Crippen molar-refractivity contribution in [3.05, 3.63) is 65.0 Å². The molecule has 2 N–H and O–H groups in total. The summed E-state index contributed by atoms with van der Waals surface area (Å²) >= 11 is 0. The molecule has 0 fully saturated rings. The number of para-hydroxylation sites is 2. The summed E-state index contributed by atoms with van der Waals surface area (Å²) in [7, 11) is 0. The summed E-state index contributed by atoms with van der Waals surface area (Å²) in [6.45, 7) is 4.65. The molecule has 1 heterocycles. The van der Waals surface area contributed by atoms with Crippen molar-refractivity contribution >= 4 is 16.9 Å². The third-order valence-electron chi connectivity index (χ3n) is 4.16. The normalized spacial score (nSPS) is 10.9. The van der Waals surface area contributed by atoms with Crippen molar-refractivity contribution in [2.24, 2.45) is 0 Å². The maximum absolute atomic E-state index is 12.2. The lowest BCUT2D eigenvalue weighted by atomic mass is 10.0. The fraction of sp³-hybridized carbons (Fsp3) is 0.263. The first-order valence-electron chi connectivity index (χ1n) is 7.93. The maximum Gasteiger partial charge on any atom is 0.251 e. The molecular formula is C19H21N3O. The number of aromatic amines is 1. The Morgan fingerprint density at radius 1 is 1.13 bits per heavy atom. The SMILES string of the molecule is Cc1cccc(C(=O)NCCCc2nc3ccccc3[nH]2)c1C. The topological polar surface area (TPSA) is 57.8 Å². The summed E-state index contributed by atoms with van der Waals surface area (Å²) < 4.78 is 0. The Morgan fingerprint density at radius 3 is 2.78 bits per heavy atom. The molecule has 0 atom stereocenters. The van der Waals surface area contributed by atoms with Crippen molar-refractivity contribution < 1.29 is 4.79 Å². The molecule has 0 aliphatic carbocycles. The van der Waals surface area contributed by atoms with E-state index in [9.17, 15) is 4.79 Å². The number of H-pyrrole nitrogens is 1. The van der Waals surface area contributed by atoms with E-state index in [2.05, 4.69) is 15.3 Å². The third-order valence-corrected chi connectivity index (χ3v) is 4.16. The van der Waals surface area contributed by atoms with E-state index >= 15 is 0 Å². The molecule has 4 heteroatoms. The number of hydrogen-bond acceptors (Lipinski definition) is 2. The van der Waals surface area contributed by atoms with Gasteiger partial charge in [0.1, 0.15) is 5.82 Å². The Labute approximate surface area is 136 Å². The number of fused-ring (bicyclic) bond motifs is 1. The molecule has 0 bridgehead atoms. The lowest BCUT2D eigenvalue weighted by Crippen LogP contribution is -2.25. The summed E-state index contributed by atoms with van der Waals surface area (Å²) in [6, 6.07) is 13.8. The molecule has 0 unspecified atom stereocenters. The highest BCUT2D eigenvalue weighted by atomic mass is 16.1. The Bertz CT molecular complexity index is 803. The minimum Gasteiger partial charge on any atom is -0.352 e. The van der Waals surface area contributed by atoms with Crippen LogP contribution in [0.1, 0.15) is 33.7 Å². The van der Waals surface area contributed by atoms with Gasteiger partial charge in [-0.2, -0.15) is 0 Å². The molecular weight excluding hydrogens is 286 g/mol. The molecule has 0 aliphatic rings. The van der Waals surface area contributed by atoms with Gasteiger partial charge in [-0.25, -0.2) is 4.98 Å². The van der Waals surface area contributed by atoms with Crippen molar-refractivity contribution in [1.29, 1.82) is 0 Å². The van der Waals surface area contributed by atoms with Gasteiger partial charge in [-0.15, -0.1) is 0 Å². The number of amides is 1. The maximum atomic E-state index is 12.2. The zero-order chi connectivity index (χ0) is 16.2. The van der Waals surface area contributed by atoms with Crippen LogP contribution in [0, 0.1) is 13.8 Å². The van der Waals surface area contributed by atoms with Crippen molar-refractivity contribution in [1.82, 2.24) is 15.3 Å². The molecule has 1 amide bonds. The van der Waals surface area contributed by atoms with E-state index in [0.717, 1.165) is 46.4 Å². The van der Waals surface area contributed by atoms with Crippen LogP contribution in [0.15, 0.2) is 42.5 Å². The van der Waals surface area contributed by atoms with E-state index < -0.39 is 0 Å². The minimum absolute atomic E-state index is 0.00388. The first kappa shape index (κ1) is 15.3. The van der Waals surface area contributed by atoms with E-state index in [0.29, 0.717) is 6.54 Å². The largest absolute Gasteiger partial charge is 0.352 e. The number of carbonyl (C=O) groups excluding carboxylic acids is 1. The number of aromatic nitrogens is 2. The standard InChI is InChI=1S/C19H21N3O/c1-13-7-5-8-15(14(13)2)19(23)20-12-6-11-18-21-16-9-3-4-10-17(16)22-18/h3-5,7-10H,6,11-12H2,1-2H3,(H,20,23)(H,21,22). The van der Waals surface area contributed by atoms with Crippen LogP contribution < -0.4 is 5.32 Å². The fourth-order valence-corrected chi connectivity index (χ4v) is 2.67. The Morgan fingerprint density at radius 2 is 1.96 bits per heavy atom. The number of nitrogens with one attached hydrogen (secondary N) is 2. The number of imidazole rings is 1. The molecule has 0 saturated carbocycles. The predicted octanol–water partition coefficient (Wildman–Crippen LogP) is 3.54. The van der Waals surface area contributed by atoms with E-state index in [-0.39, 0.29) is 5.91 Å². The average molecular weight is 307 g/mol.